The number of amides is 1. The van der Waals surface area contributed by atoms with Gasteiger partial charge in [0.1, 0.15) is 0 Å². The summed E-state index contributed by atoms with van der Waals surface area (Å²) in [4.78, 5) is 11.9. The molecule has 4 N–H and O–H groups in total. The Morgan fingerprint density at radius 2 is 1.71 bits per heavy atom. The van der Waals surface area contributed by atoms with Gasteiger partial charge in [0.25, 0.3) is 0 Å². The highest BCUT2D eigenvalue weighted by molar-refractivity contribution is 5.95. The number of nitrogens with two attached hydrogens (primary N) is 2. The SMILES string of the molecule is CC1(c2ccc(C(F)(F)F)cc2C(N)=O)CCC(C(N)c2ccccc2)CC1. The lowest BCUT2D eigenvalue weighted by Crippen LogP contribution is -2.35. The van der Waals surface area contributed by atoms with Crippen LogP contribution >= 0.6 is 0 Å². The van der Waals surface area contributed by atoms with Crippen LogP contribution in [0.1, 0.15) is 65.7 Å². The normalized spacial score (nSPS) is 24.0. The molecule has 2 aromatic rings. The van der Waals surface area contributed by atoms with E-state index in [0.717, 1.165) is 43.4 Å². The van der Waals surface area contributed by atoms with Crippen molar-refractivity contribution in [2.45, 2.75) is 50.2 Å². The third kappa shape index (κ3) is 4.07. The second kappa shape index (κ2) is 7.59. The highest BCUT2D eigenvalue weighted by Gasteiger charge is 2.38. The van der Waals surface area contributed by atoms with Gasteiger partial charge in [0.05, 0.1) is 5.56 Å². The van der Waals surface area contributed by atoms with Gasteiger partial charge in [0.15, 0.2) is 0 Å². The first-order valence-electron chi connectivity index (χ1n) is 9.44. The molecule has 0 aromatic heterocycles. The molecule has 1 fully saturated rings. The number of primary amides is 1. The molecule has 3 nitrogen and oxygen atoms in total. The smallest absolute Gasteiger partial charge is 0.366 e. The highest BCUT2D eigenvalue weighted by Crippen LogP contribution is 2.46. The van der Waals surface area contributed by atoms with Crippen LogP contribution in [0.25, 0.3) is 0 Å². The summed E-state index contributed by atoms with van der Waals surface area (Å²) in [5, 5.41) is 0. The van der Waals surface area contributed by atoms with Gasteiger partial charge in [0, 0.05) is 11.6 Å². The molecule has 1 amide bonds. The minimum Gasteiger partial charge on any atom is -0.366 e. The summed E-state index contributed by atoms with van der Waals surface area (Å²) in [5.74, 6) is -0.535. The van der Waals surface area contributed by atoms with Crippen molar-refractivity contribution in [3.05, 3.63) is 70.8 Å². The number of rotatable bonds is 4. The Labute approximate surface area is 162 Å². The van der Waals surface area contributed by atoms with E-state index in [1.807, 2.05) is 37.3 Å². The minimum atomic E-state index is -4.51. The number of halogens is 3. The summed E-state index contributed by atoms with van der Waals surface area (Å²) in [6.45, 7) is 1.99. The monoisotopic (exact) mass is 390 g/mol. The summed E-state index contributed by atoms with van der Waals surface area (Å²) >= 11 is 0. The van der Waals surface area contributed by atoms with Crippen LogP contribution in [0, 0.1) is 5.92 Å². The molecule has 0 saturated heterocycles. The molecule has 1 aliphatic carbocycles. The van der Waals surface area contributed by atoms with E-state index in [1.165, 1.54) is 6.07 Å². The van der Waals surface area contributed by atoms with E-state index < -0.39 is 23.1 Å². The molecular weight excluding hydrogens is 365 g/mol. The van der Waals surface area contributed by atoms with Crippen molar-refractivity contribution >= 4 is 5.91 Å². The average Bonchev–Trinajstić information content (AvgIpc) is 2.67. The molecule has 0 aliphatic heterocycles. The van der Waals surface area contributed by atoms with Gasteiger partial charge in [-0.3, -0.25) is 4.79 Å². The Kier molecular flexibility index (Phi) is 5.53. The lowest BCUT2D eigenvalue weighted by Gasteiger charge is -2.40. The number of alkyl halides is 3. The predicted octanol–water partition coefficient (Wildman–Crippen LogP) is 4.95. The topological polar surface area (TPSA) is 69.1 Å². The van der Waals surface area contributed by atoms with Gasteiger partial charge in [-0.25, -0.2) is 0 Å². The second-order valence-corrected chi connectivity index (χ2v) is 7.96. The predicted molar refractivity (Wildman–Crippen MR) is 103 cm³/mol. The maximum Gasteiger partial charge on any atom is 0.416 e. The standard InChI is InChI=1S/C22H25F3N2O/c1-21(18-8-7-16(22(23,24)25)13-17(18)20(27)28)11-9-15(10-12-21)19(26)14-5-3-2-4-6-14/h2-8,13,15,19H,9-12,26H2,1H3,(H2,27,28). The molecule has 0 bridgehead atoms. The van der Waals surface area contributed by atoms with Crippen molar-refractivity contribution in [3.8, 4) is 0 Å². The van der Waals surface area contributed by atoms with Crippen LogP contribution in [0.2, 0.25) is 0 Å². The van der Waals surface area contributed by atoms with Gasteiger partial charge in [-0.05, 0) is 60.3 Å². The molecule has 1 saturated carbocycles. The molecule has 1 unspecified atom stereocenters. The average molecular weight is 390 g/mol. The van der Waals surface area contributed by atoms with Crippen LogP contribution in [-0.4, -0.2) is 5.91 Å². The van der Waals surface area contributed by atoms with Crippen molar-refractivity contribution in [3.63, 3.8) is 0 Å². The van der Waals surface area contributed by atoms with Gasteiger partial charge in [-0.1, -0.05) is 43.3 Å². The fraction of sp³-hybridized carbons (Fsp3) is 0.409. The Morgan fingerprint density at radius 3 is 2.25 bits per heavy atom. The second-order valence-electron chi connectivity index (χ2n) is 7.96. The third-order valence-corrected chi connectivity index (χ3v) is 6.09. The maximum atomic E-state index is 13.0. The Morgan fingerprint density at radius 1 is 1.11 bits per heavy atom. The molecule has 0 heterocycles. The molecule has 28 heavy (non-hydrogen) atoms. The molecule has 6 heteroatoms. The van der Waals surface area contributed by atoms with Crippen molar-refractivity contribution < 1.29 is 18.0 Å². The van der Waals surface area contributed by atoms with Gasteiger partial charge < -0.3 is 11.5 Å². The number of benzene rings is 2. The Bertz CT molecular complexity index is 841. The fourth-order valence-corrected chi connectivity index (χ4v) is 4.30. The van der Waals surface area contributed by atoms with E-state index in [1.54, 1.807) is 0 Å². The Balaban J connectivity index is 1.82. The van der Waals surface area contributed by atoms with Crippen molar-refractivity contribution in [2.24, 2.45) is 17.4 Å². The summed E-state index contributed by atoms with van der Waals surface area (Å²) in [6.07, 6.45) is -1.35. The van der Waals surface area contributed by atoms with E-state index in [9.17, 15) is 18.0 Å². The third-order valence-electron chi connectivity index (χ3n) is 6.09. The lowest BCUT2D eigenvalue weighted by molar-refractivity contribution is -0.137. The summed E-state index contributed by atoms with van der Waals surface area (Å²) < 4.78 is 39.1. The molecule has 1 aliphatic rings. The van der Waals surface area contributed by atoms with Crippen LogP contribution in [0.4, 0.5) is 13.2 Å². The molecular formula is C22H25F3N2O. The van der Waals surface area contributed by atoms with Crippen LogP contribution in [0.5, 0.6) is 0 Å². The van der Waals surface area contributed by atoms with Crippen LogP contribution in [0.3, 0.4) is 0 Å². The molecule has 3 rings (SSSR count). The van der Waals surface area contributed by atoms with Gasteiger partial charge in [-0.15, -0.1) is 0 Å². The van der Waals surface area contributed by atoms with Gasteiger partial charge in [0.2, 0.25) is 5.91 Å². The van der Waals surface area contributed by atoms with E-state index in [4.69, 9.17) is 11.5 Å². The fourth-order valence-electron chi connectivity index (χ4n) is 4.30. The Hall–Kier alpha value is -2.34. The van der Waals surface area contributed by atoms with Crippen molar-refractivity contribution in [1.82, 2.24) is 0 Å². The van der Waals surface area contributed by atoms with Crippen LogP contribution in [-0.2, 0) is 11.6 Å². The minimum absolute atomic E-state index is 0.0388. The summed E-state index contributed by atoms with van der Waals surface area (Å²) in [5.41, 5.74) is 12.3. The number of hydrogen-bond donors (Lipinski definition) is 2. The van der Waals surface area contributed by atoms with E-state index in [-0.39, 0.29) is 11.6 Å². The van der Waals surface area contributed by atoms with Crippen LogP contribution < -0.4 is 11.5 Å². The summed E-state index contributed by atoms with van der Waals surface area (Å²) in [6, 6.07) is 13.2. The number of carbonyl (C=O) groups is 1. The zero-order chi connectivity index (χ0) is 20.5. The number of carbonyl (C=O) groups excluding carboxylic acids is 1. The largest absolute Gasteiger partial charge is 0.416 e. The van der Waals surface area contributed by atoms with Crippen LogP contribution in [0.15, 0.2) is 48.5 Å². The summed E-state index contributed by atoms with van der Waals surface area (Å²) in [7, 11) is 0. The maximum absolute atomic E-state index is 13.0. The van der Waals surface area contributed by atoms with E-state index >= 15 is 0 Å². The quantitative estimate of drug-likeness (QED) is 0.775. The van der Waals surface area contributed by atoms with E-state index in [0.29, 0.717) is 11.5 Å². The first kappa shape index (κ1) is 20.4. The first-order valence-corrected chi connectivity index (χ1v) is 9.44. The van der Waals surface area contributed by atoms with Gasteiger partial charge in [-0.2, -0.15) is 13.2 Å². The van der Waals surface area contributed by atoms with Crippen molar-refractivity contribution in [2.75, 3.05) is 0 Å². The molecule has 1 atom stereocenters. The molecule has 0 spiro atoms. The van der Waals surface area contributed by atoms with Gasteiger partial charge >= 0.3 is 6.18 Å². The molecule has 2 aromatic carbocycles. The zero-order valence-electron chi connectivity index (χ0n) is 15.8. The first-order chi connectivity index (χ1) is 13.1. The lowest BCUT2D eigenvalue weighted by atomic mass is 9.65. The molecule has 150 valence electrons. The zero-order valence-corrected chi connectivity index (χ0v) is 15.8. The van der Waals surface area contributed by atoms with E-state index in [2.05, 4.69) is 0 Å². The molecule has 0 radical (unpaired) electrons. The van der Waals surface area contributed by atoms with Crippen molar-refractivity contribution in [1.29, 1.82) is 0 Å². The highest BCUT2D eigenvalue weighted by atomic mass is 19.4. The number of hydrogen-bond acceptors (Lipinski definition) is 2.